The lowest BCUT2D eigenvalue weighted by Gasteiger charge is -1.91. The van der Waals surface area contributed by atoms with Gasteiger partial charge < -0.3 is 5.32 Å². The minimum atomic E-state index is 0.729. The topological polar surface area (TPSA) is 24.4 Å². The van der Waals surface area contributed by atoms with Crippen LogP contribution in [0.4, 0.5) is 0 Å². The van der Waals surface area contributed by atoms with Gasteiger partial charge in [-0.05, 0) is 13.8 Å². The molecular weight excluding hydrogens is 112 g/mol. The lowest BCUT2D eigenvalue weighted by molar-refractivity contribution is 0.974. The highest BCUT2D eigenvalue weighted by molar-refractivity contribution is 5.54. The van der Waals surface area contributed by atoms with E-state index in [0.29, 0.717) is 0 Å². The van der Waals surface area contributed by atoms with Crippen LogP contribution >= 0.6 is 0 Å². The van der Waals surface area contributed by atoms with Gasteiger partial charge in [0.1, 0.15) is 0 Å². The van der Waals surface area contributed by atoms with E-state index in [-0.39, 0.29) is 0 Å². The van der Waals surface area contributed by atoms with Crippen molar-refractivity contribution in [2.45, 2.75) is 13.8 Å². The van der Waals surface area contributed by atoms with Crippen molar-refractivity contribution in [1.29, 1.82) is 0 Å². The van der Waals surface area contributed by atoms with Crippen LogP contribution in [-0.4, -0.2) is 19.4 Å². The van der Waals surface area contributed by atoms with Crippen LogP contribution in [0.3, 0.4) is 0 Å². The highest BCUT2D eigenvalue weighted by Gasteiger charge is 1.76. The molecule has 0 heterocycles. The molecule has 0 radical (unpaired) electrons. The normalized spacial score (nSPS) is 10.0. The molecule has 0 aliphatic heterocycles. The zero-order chi connectivity index (χ0) is 7.11. The second kappa shape index (κ2) is 5.35. The molecule has 0 spiro atoms. The van der Waals surface area contributed by atoms with Crippen LogP contribution in [0.1, 0.15) is 13.8 Å². The molecule has 0 aromatic carbocycles. The largest absolute Gasteiger partial charge is 0.377 e. The van der Waals surface area contributed by atoms with Gasteiger partial charge in [0.15, 0.2) is 0 Å². The van der Waals surface area contributed by atoms with Gasteiger partial charge in [0.05, 0.1) is 12.9 Å². The Morgan fingerprint density at radius 2 is 2.44 bits per heavy atom. The molecule has 0 aliphatic rings. The number of hydrogen-bond acceptors (Lipinski definition) is 1. The van der Waals surface area contributed by atoms with Crippen molar-refractivity contribution in [3.05, 3.63) is 12.2 Å². The van der Waals surface area contributed by atoms with E-state index in [1.54, 1.807) is 6.34 Å². The first-order valence-corrected chi connectivity index (χ1v) is 3.13. The molecule has 0 bridgehead atoms. The van der Waals surface area contributed by atoms with Gasteiger partial charge >= 0.3 is 0 Å². The molecule has 0 amide bonds. The Hall–Kier alpha value is -0.790. The van der Waals surface area contributed by atoms with Crippen LogP contribution in [-0.2, 0) is 0 Å². The van der Waals surface area contributed by atoms with E-state index < -0.39 is 0 Å². The van der Waals surface area contributed by atoms with E-state index >= 15 is 0 Å². The quantitative estimate of drug-likeness (QED) is 0.341. The van der Waals surface area contributed by atoms with Crippen molar-refractivity contribution < 1.29 is 0 Å². The van der Waals surface area contributed by atoms with Crippen molar-refractivity contribution in [1.82, 2.24) is 5.32 Å². The van der Waals surface area contributed by atoms with E-state index in [1.165, 1.54) is 0 Å². The first-order chi connectivity index (χ1) is 4.27. The Balaban J connectivity index is 3.14. The van der Waals surface area contributed by atoms with Gasteiger partial charge in [0.25, 0.3) is 0 Å². The first kappa shape index (κ1) is 8.21. The third-order valence-corrected chi connectivity index (χ3v) is 0.748. The van der Waals surface area contributed by atoms with Crippen LogP contribution in [0.25, 0.3) is 0 Å². The van der Waals surface area contributed by atoms with Crippen molar-refractivity contribution in [3.63, 3.8) is 0 Å². The van der Waals surface area contributed by atoms with Gasteiger partial charge in [-0.25, -0.2) is 0 Å². The van der Waals surface area contributed by atoms with Crippen LogP contribution in [0.2, 0.25) is 0 Å². The molecule has 0 unspecified atom stereocenters. The summed E-state index contributed by atoms with van der Waals surface area (Å²) in [5.74, 6) is 0. The van der Waals surface area contributed by atoms with E-state index in [0.717, 1.165) is 18.7 Å². The van der Waals surface area contributed by atoms with E-state index in [1.807, 2.05) is 13.8 Å². The maximum Gasteiger partial charge on any atom is 0.0827 e. The zero-order valence-corrected chi connectivity index (χ0v) is 6.15. The summed E-state index contributed by atoms with van der Waals surface area (Å²) in [6, 6.07) is 0. The Kier molecular flexibility index (Phi) is 4.88. The monoisotopic (exact) mass is 126 g/mol. The van der Waals surface area contributed by atoms with Crippen molar-refractivity contribution in [2.75, 3.05) is 13.1 Å². The molecule has 0 rings (SSSR count). The maximum atomic E-state index is 4.02. The summed E-state index contributed by atoms with van der Waals surface area (Å²) < 4.78 is 0. The van der Waals surface area contributed by atoms with Crippen molar-refractivity contribution >= 4 is 6.34 Å². The van der Waals surface area contributed by atoms with Gasteiger partial charge in [0, 0.05) is 6.54 Å². The average Bonchev–Trinajstić information content (AvgIpc) is 1.80. The Bertz CT molecular complexity index is 105. The van der Waals surface area contributed by atoms with E-state index in [2.05, 4.69) is 16.9 Å². The summed E-state index contributed by atoms with van der Waals surface area (Å²) in [4.78, 5) is 4.02. The fourth-order valence-electron chi connectivity index (χ4n) is 0.357. The Morgan fingerprint density at radius 3 is 2.89 bits per heavy atom. The fourth-order valence-corrected chi connectivity index (χ4v) is 0.357. The minimum absolute atomic E-state index is 0.729. The predicted octanol–water partition coefficient (Wildman–Crippen LogP) is 1.20. The number of aliphatic imine (C=N–C) groups is 1. The van der Waals surface area contributed by atoms with Gasteiger partial charge in [0.2, 0.25) is 0 Å². The van der Waals surface area contributed by atoms with Gasteiger partial charge in [-0.2, -0.15) is 0 Å². The molecule has 0 aromatic rings. The Labute approximate surface area is 56.7 Å². The molecule has 0 aromatic heterocycles. The number of nitrogens with zero attached hydrogens (tertiary/aromatic N) is 1. The van der Waals surface area contributed by atoms with Crippen molar-refractivity contribution in [2.24, 2.45) is 4.99 Å². The first-order valence-electron chi connectivity index (χ1n) is 3.13. The molecule has 0 saturated heterocycles. The van der Waals surface area contributed by atoms with Crippen LogP contribution in [0, 0.1) is 0 Å². The molecule has 0 saturated carbocycles. The SMILES string of the molecule is C=C(C)CN=CNCC. The third-order valence-electron chi connectivity index (χ3n) is 0.748. The van der Waals surface area contributed by atoms with Crippen LogP contribution < -0.4 is 5.32 Å². The lowest BCUT2D eigenvalue weighted by Crippen LogP contribution is -2.09. The average molecular weight is 126 g/mol. The standard InChI is InChI=1S/C7H14N2/c1-4-8-6-9-5-7(2)3/h6H,2,4-5H2,1,3H3,(H,8,9). The molecule has 0 atom stereocenters. The van der Waals surface area contributed by atoms with Gasteiger partial charge in [-0.1, -0.05) is 12.2 Å². The molecule has 52 valence electrons. The highest BCUT2D eigenvalue weighted by atomic mass is 14.9. The molecule has 2 nitrogen and oxygen atoms in total. The van der Waals surface area contributed by atoms with E-state index in [4.69, 9.17) is 0 Å². The van der Waals surface area contributed by atoms with Gasteiger partial charge in [-0.15, -0.1) is 0 Å². The smallest absolute Gasteiger partial charge is 0.0827 e. The second-order valence-corrected chi connectivity index (χ2v) is 1.98. The Morgan fingerprint density at radius 1 is 1.78 bits per heavy atom. The molecule has 1 N–H and O–H groups in total. The second-order valence-electron chi connectivity index (χ2n) is 1.98. The number of hydrogen-bond donors (Lipinski definition) is 1. The zero-order valence-electron chi connectivity index (χ0n) is 6.15. The minimum Gasteiger partial charge on any atom is -0.377 e. The molecule has 9 heavy (non-hydrogen) atoms. The summed E-state index contributed by atoms with van der Waals surface area (Å²) in [5.41, 5.74) is 1.09. The summed E-state index contributed by atoms with van der Waals surface area (Å²) in [6.07, 6.45) is 1.72. The lowest BCUT2D eigenvalue weighted by atomic mass is 10.4. The van der Waals surface area contributed by atoms with E-state index in [9.17, 15) is 0 Å². The summed E-state index contributed by atoms with van der Waals surface area (Å²) in [7, 11) is 0. The number of rotatable bonds is 4. The van der Waals surface area contributed by atoms with Crippen molar-refractivity contribution in [3.8, 4) is 0 Å². The van der Waals surface area contributed by atoms with Gasteiger partial charge in [-0.3, -0.25) is 4.99 Å². The third kappa shape index (κ3) is 7.21. The summed E-state index contributed by atoms with van der Waals surface area (Å²) in [5, 5.41) is 2.97. The summed E-state index contributed by atoms with van der Waals surface area (Å²) >= 11 is 0. The van der Waals surface area contributed by atoms with Crippen LogP contribution in [0.5, 0.6) is 0 Å². The molecule has 0 fully saturated rings. The molecular formula is C7H14N2. The summed E-state index contributed by atoms with van der Waals surface area (Å²) in [6.45, 7) is 9.37. The highest BCUT2D eigenvalue weighted by Crippen LogP contribution is 1.83. The maximum absolute atomic E-state index is 4.02. The predicted molar refractivity (Wildman–Crippen MR) is 41.8 cm³/mol. The van der Waals surface area contributed by atoms with Crippen LogP contribution in [0.15, 0.2) is 17.1 Å². The number of nitrogens with one attached hydrogen (secondary N) is 1. The molecule has 0 aliphatic carbocycles. The molecule has 2 heteroatoms. The fraction of sp³-hybridized carbons (Fsp3) is 0.571.